The topological polar surface area (TPSA) is 94.7 Å². The van der Waals surface area contributed by atoms with Gasteiger partial charge in [-0.25, -0.2) is 4.98 Å². The van der Waals surface area contributed by atoms with Crippen LogP contribution in [0, 0.1) is 6.92 Å². The Balaban J connectivity index is 1.60. The number of rotatable bonds is 5. The van der Waals surface area contributed by atoms with Crippen LogP contribution in [0.25, 0.3) is 5.69 Å². The number of hydrogen-bond donors (Lipinski definition) is 1. The van der Waals surface area contributed by atoms with E-state index in [9.17, 15) is 9.59 Å². The number of aryl methyl sites for hydroxylation is 1. The molecule has 0 saturated heterocycles. The van der Waals surface area contributed by atoms with Gasteiger partial charge in [0.2, 0.25) is 0 Å². The number of para-hydroxylation sites is 1. The monoisotopic (exact) mass is 324 g/mol. The zero-order valence-electron chi connectivity index (χ0n) is 13.1. The van der Waals surface area contributed by atoms with Gasteiger partial charge in [-0.15, -0.1) is 5.10 Å². The molecule has 0 unspecified atom stereocenters. The number of hydrogen-bond acceptors (Lipinski definition) is 5. The van der Waals surface area contributed by atoms with E-state index in [1.54, 1.807) is 6.92 Å². The van der Waals surface area contributed by atoms with Crippen molar-refractivity contribution in [1.82, 2.24) is 29.9 Å². The van der Waals surface area contributed by atoms with E-state index >= 15 is 0 Å². The molecule has 0 saturated carbocycles. The van der Waals surface area contributed by atoms with Crippen LogP contribution in [0.3, 0.4) is 0 Å². The molecular formula is C16H16N6O2. The van der Waals surface area contributed by atoms with E-state index < -0.39 is 0 Å². The first-order valence-corrected chi connectivity index (χ1v) is 7.42. The summed E-state index contributed by atoms with van der Waals surface area (Å²) in [5, 5.41) is 10.9. The van der Waals surface area contributed by atoms with Gasteiger partial charge in [0.15, 0.2) is 5.69 Å². The second-order valence-electron chi connectivity index (χ2n) is 5.17. The summed E-state index contributed by atoms with van der Waals surface area (Å²) >= 11 is 0. The smallest absolute Gasteiger partial charge is 0.273 e. The number of benzene rings is 1. The molecule has 0 bridgehead atoms. The zero-order valence-corrected chi connectivity index (χ0v) is 13.1. The highest BCUT2D eigenvalue weighted by Gasteiger charge is 2.11. The maximum Gasteiger partial charge on any atom is 0.273 e. The summed E-state index contributed by atoms with van der Waals surface area (Å²) in [4.78, 5) is 29.3. The Morgan fingerprint density at radius 2 is 2.04 bits per heavy atom. The van der Waals surface area contributed by atoms with Crippen molar-refractivity contribution >= 4 is 5.91 Å². The minimum atomic E-state index is -0.342. The van der Waals surface area contributed by atoms with Crippen molar-refractivity contribution in [2.75, 3.05) is 6.54 Å². The van der Waals surface area contributed by atoms with Crippen LogP contribution in [0.5, 0.6) is 0 Å². The van der Waals surface area contributed by atoms with Crippen molar-refractivity contribution in [3.63, 3.8) is 0 Å². The Morgan fingerprint density at radius 3 is 2.79 bits per heavy atom. The SMILES string of the molecule is Cc1cc(=O)n(CCNC(=O)c2cnn(-c3ccccc3)n2)cn1. The molecule has 0 aliphatic carbocycles. The zero-order chi connectivity index (χ0) is 16.9. The van der Waals surface area contributed by atoms with Gasteiger partial charge in [-0.05, 0) is 19.1 Å². The van der Waals surface area contributed by atoms with Crippen LogP contribution in [0.1, 0.15) is 16.2 Å². The van der Waals surface area contributed by atoms with Crippen molar-refractivity contribution in [2.24, 2.45) is 0 Å². The molecule has 0 spiro atoms. The van der Waals surface area contributed by atoms with Crippen LogP contribution in [-0.4, -0.2) is 37.0 Å². The summed E-state index contributed by atoms with van der Waals surface area (Å²) < 4.78 is 1.44. The van der Waals surface area contributed by atoms with Crippen molar-refractivity contribution in [3.8, 4) is 5.69 Å². The fraction of sp³-hybridized carbons (Fsp3) is 0.188. The van der Waals surface area contributed by atoms with Crippen molar-refractivity contribution < 1.29 is 4.79 Å². The molecule has 122 valence electrons. The second-order valence-corrected chi connectivity index (χ2v) is 5.17. The summed E-state index contributed by atoms with van der Waals surface area (Å²) in [6.45, 7) is 2.38. The number of aromatic nitrogens is 5. The van der Waals surface area contributed by atoms with Gasteiger partial charge in [0.1, 0.15) is 0 Å². The largest absolute Gasteiger partial charge is 0.349 e. The minimum Gasteiger partial charge on any atom is -0.349 e. The van der Waals surface area contributed by atoms with Gasteiger partial charge in [0, 0.05) is 24.8 Å². The molecule has 0 aliphatic heterocycles. The first-order chi connectivity index (χ1) is 11.6. The molecule has 3 rings (SSSR count). The molecule has 2 heterocycles. The Hall–Kier alpha value is -3.29. The highest BCUT2D eigenvalue weighted by Crippen LogP contribution is 2.04. The van der Waals surface area contributed by atoms with Gasteiger partial charge in [-0.1, -0.05) is 18.2 Å². The molecule has 0 atom stereocenters. The van der Waals surface area contributed by atoms with Crippen molar-refractivity contribution in [1.29, 1.82) is 0 Å². The lowest BCUT2D eigenvalue weighted by Crippen LogP contribution is -2.31. The third-order valence-corrected chi connectivity index (χ3v) is 3.37. The average molecular weight is 324 g/mol. The average Bonchev–Trinajstić information content (AvgIpc) is 3.08. The van der Waals surface area contributed by atoms with Crippen LogP contribution in [0.15, 0.2) is 53.7 Å². The molecular weight excluding hydrogens is 308 g/mol. The van der Waals surface area contributed by atoms with E-state index in [1.807, 2.05) is 30.3 Å². The minimum absolute atomic E-state index is 0.147. The summed E-state index contributed by atoms with van der Waals surface area (Å²) in [6.07, 6.45) is 2.87. The predicted octanol–water partition coefficient (Wildman–Crippen LogP) is 0.562. The molecule has 0 aliphatic rings. The lowest BCUT2D eigenvalue weighted by atomic mass is 10.3. The van der Waals surface area contributed by atoms with Gasteiger partial charge >= 0.3 is 0 Å². The second kappa shape index (κ2) is 6.86. The van der Waals surface area contributed by atoms with Crippen LogP contribution < -0.4 is 10.9 Å². The lowest BCUT2D eigenvalue weighted by Gasteiger charge is -2.06. The molecule has 0 fully saturated rings. The number of amides is 1. The molecule has 8 heteroatoms. The van der Waals surface area contributed by atoms with E-state index in [0.717, 1.165) is 5.69 Å². The Labute approximate surface area is 137 Å². The Morgan fingerprint density at radius 1 is 1.25 bits per heavy atom. The van der Waals surface area contributed by atoms with Gasteiger partial charge < -0.3 is 5.32 Å². The highest BCUT2D eigenvalue weighted by atomic mass is 16.2. The van der Waals surface area contributed by atoms with Crippen LogP contribution in [0.2, 0.25) is 0 Å². The number of nitrogens with zero attached hydrogens (tertiary/aromatic N) is 5. The molecule has 1 aromatic carbocycles. The predicted molar refractivity (Wildman–Crippen MR) is 86.9 cm³/mol. The maximum atomic E-state index is 12.1. The van der Waals surface area contributed by atoms with Gasteiger partial charge in [-0.2, -0.15) is 9.90 Å². The Kier molecular flexibility index (Phi) is 4.46. The summed E-state index contributed by atoms with van der Waals surface area (Å²) in [5.41, 5.74) is 1.51. The van der Waals surface area contributed by atoms with Gasteiger partial charge in [0.05, 0.1) is 18.2 Å². The van der Waals surface area contributed by atoms with Crippen LogP contribution >= 0.6 is 0 Å². The quantitative estimate of drug-likeness (QED) is 0.740. The third-order valence-electron chi connectivity index (χ3n) is 3.37. The van der Waals surface area contributed by atoms with E-state index in [0.29, 0.717) is 18.8 Å². The Bertz CT molecular complexity index is 900. The summed E-state index contributed by atoms with van der Waals surface area (Å²) in [6, 6.07) is 10.8. The van der Waals surface area contributed by atoms with Crippen molar-refractivity contribution in [3.05, 3.63) is 70.7 Å². The third kappa shape index (κ3) is 3.54. The normalized spacial score (nSPS) is 10.5. The molecule has 1 amide bonds. The van der Waals surface area contributed by atoms with Crippen LogP contribution in [-0.2, 0) is 6.54 Å². The van der Waals surface area contributed by atoms with Crippen LogP contribution in [0.4, 0.5) is 0 Å². The number of carbonyl (C=O) groups excluding carboxylic acids is 1. The molecule has 2 aromatic heterocycles. The van der Waals surface area contributed by atoms with Gasteiger partial charge in [0.25, 0.3) is 11.5 Å². The molecule has 24 heavy (non-hydrogen) atoms. The number of carbonyl (C=O) groups is 1. The maximum absolute atomic E-state index is 12.1. The van der Waals surface area contributed by atoms with E-state index in [2.05, 4.69) is 20.5 Å². The highest BCUT2D eigenvalue weighted by molar-refractivity contribution is 5.91. The first-order valence-electron chi connectivity index (χ1n) is 7.42. The van der Waals surface area contributed by atoms with E-state index in [1.165, 1.54) is 28.0 Å². The number of nitrogens with one attached hydrogen (secondary N) is 1. The fourth-order valence-electron chi connectivity index (χ4n) is 2.12. The lowest BCUT2D eigenvalue weighted by molar-refractivity contribution is 0.0946. The molecule has 8 nitrogen and oxygen atoms in total. The molecule has 0 radical (unpaired) electrons. The van der Waals surface area contributed by atoms with E-state index in [-0.39, 0.29) is 17.2 Å². The van der Waals surface area contributed by atoms with Gasteiger partial charge in [-0.3, -0.25) is 14.2 Å². The van der Waals surface area contributed by atoms with E-state index in [4.69, 9.17) is 0 Å². The molecule has 1 N–H and O–H groups in total. The molecule has 3 aromatic rings. The van der Waals surface area contributed by atoms with Crippen molar-refractivity contribution in [2.45, 2.75) is 13.5 Å². The first kappa shape index (κ1) is 15.6. The summed E-state index contributed by atoms with van der Waals surface area (Å²) in [7, 11) is 0. The summed E-state index contributed by atoms with van der Waals surface area (Å²) in [5.74, 6) is -0.342. The standard InChI is InChI=1S/C16H16N6O2/c1-12-9-15(23)21(11-18-12)8-7-17-16(24)14-10-19-22(20-14)13-5-3-2-4-6-13/h2-6,9-11H,7-8H2,1H3,(H,17,24). The fourth-order valence-corrected chi connectivity index (χ4v) is 2.12.